The smallest absolute Gasteiger partial charge is 0.0403 e. The van der Waals surface area contributed by atoms with Crippen LogP contribution in [-0.4, -0.2) is 48.6 Å². The SMILES string of the molecule is CC1CC(Nc2cccc(CN3CCCC3)c2)CN1C. The minimum atomic E-state index is 0.594. The van der Waals surface area contributed by atoms with Crippen LogP contribution in [0.2, 0.25) is 0 Å². The van der Waals surface area contributed by atoms with Gasteiger partial charge >= 0.3 is 0 Å². The van der Waals surface area contributed by atoms with E-state index in [0.717, 1.165) is 13.1 Å². The molecule has 0 amide bonds. The molecule has 2 aliphatic rings. The average molecular weight is 273 g/mol. The molecule has 0 saturated carbocycles. The van der Waals surface area contributed by atoms with Crippen molar-refractivity contribution in [3.05, 3.63) is 29.8 Å². The van der Waals surface area contributed by atoms with Gasteiger partial charge in [0.1, 0.15) is 0 Å². The highest BCUT2D eigenvalue weighted by Crippen LogP contribution is 2.21. The third-order valence-electron chi connectivity index (χ3n) is 4.79. The lowest BCUT2D eigenvalue weighted by Gasteiger charge is -2.17. The zero-order chi connectivity index (χ0) is 13.9. The van der Waals surface area contributed by atoms with E-state index < -0.39 is 0 Å². The Hall–Kier alpha value is -1.06. The number of nitrogens with zero attached hydrogens (tertiary/aromatic N) is 2. The molecule has 0 bridgehead atoms. The molecule has 2 aliphatic heterocycles. The molecular formula is C17H27N3. The maximum atomic E-state index is 3.71. The van der Waals surface area contributed by atoms with Gasteiger partial charge in [-0.3, -0.25) is 4.90 Å². The van der Waals surface area contributed by atoms with Gasteiger partial charge in [0.2, 0.25) is 0 Å². The Bertz CT molecular complexity index is 430. The van der Waals surface area contributed by atoms with Crippen LogP contribution in [0.4, 0.5) is 5.69 Å². The molecule has 2 atom stereocenters. The van der Waals surface area contributed by atoms with Crippen molar-refractivity contribution < 1.29 is 0 Å². The Kier molecular flexibility index (Phi) is 4.27. The number of anilines is 1. The van der Waals surface area contributed by atoms with E-state index in [4.69, 9.17) is 0 Å². The Balaban J connectivity index is 1.59. The summed E-state index contributed by atoms with van der Waals surface area (Å²) in [7, 11) is 2.22. The number of hydrogen-bond donors (Lipinski definition) is 1. The predicted octanol–water partition coefficient (Wildman–Crippen LogP) is 2.79. The van der Waals surface area contributed by atoms with E-state index in [-0.39, 0.29) is 0 Å². The van der Waals surface area contributed by atoms with Crippen molar-refractivity contribution in [1.29, 1.82) is 0 Å². The molecule has 20 heavy (non-hydrogen) atoms. The van der Waals surface area contributed by atoms with Crippen molar-refractivity contribution in [3.8, 4) is 0 Å². The fourth-order valence-electron chi connectivity index (χ4n) is 3.49. The first kappa shape index (κ1) is 13.9. The molecule has 110 valence electrons. The molecule has 0 aliphatic carbocycles. The van der Waals surface area contributed by atoms with Crippen LogP contribution in [0.25, 0.3) is 0 Å². The molecule has 3 heteroatoms. The molecule has 3 nitrogen and oxygen atoms in total. The Morgan fingerprint density at radius 3 is 2.75 bits per heavy atom. The third-order valence-corrected chi connectivity index (χ3v) is 4.79. The molecular weight excluding hydrogens is 246 g/mol. The van der Waals surface area contributed by atoms with Crippen molar-refractivity contribution in [2.75, 3.05) is 32.0 Å². The van der Waals surface area contributed by atoms with Crippen LogP contribution < -0.4 is 5.32 Å². The highest BCUT2D eigenvalue weighted by atomic mass is 15.2. The first-order valence-electron chi connectivity index (χ1n) is 7.99. The van der Waals surface area contributed by atoms with Gasteiger partial charge in [-0.05, 0) is 64.0 Å². The van der Waals surface area contributed by atoms with Gasteiger partial charge in [0.25, 0.3) is 0 Å². The van der Waals surface area contributed by atoms with Gasteiger partial charge in [-0.25, -0.2) is 0 Å². The van der Waals surface area contributed by atoms with E-state index in [2.05, 4.69) is 53.4 Å². The van der Waals surface area contributed by atoms with Gasteiger partial charge in [0.05, 0.1) is 0 Å². The summed E-state index contributed by atoms with van der Waals surface area (Å²) in [6, 6.07) is 10.3. The third kappa shape index (κ3) is 3.33. The van der Waals surface area contributed by atoms with Gasteiger partial charge in [0.15, 0.2) is 0 Å². The average Bonchev–Trinajstić information content (AvgIpc) is 3.01. The van der Waals surface area contributed by atoms with E-state index in [1.165, 1.54) is 43.6 Å². The van der Waals surface area contributed by atoms with Gasteiger partial charge in [-0.1, -0.05) is 12.1 Å². The summed E-state index contributed by atoms with van der Waals surface area (Å²) in [5.74, 6) is 0. The predicted molar refractivity (Wildman–Crippen MR) is 85.1 cm³/mol. The van der Waals surface area contributed by atoms with Crippen LogP contribution in [0.5, 0.6) is 0 Å². The first-order valence-corrected chi connectivity index (χ1v) is 7.99. The molecule has 2 fully saturated rings. The van der Waals surface area contributed by atoms with Gasteiger partial charge in [0, 0.05) is 30.9 Å². The van der Waals surface area contributed by atoms with E-state index in [9.17, 15) is 0 Å². The summed E-state index contributed by atoms with van der Waals surface area (Å²) >= 11 is 0. The molecule has 0 radical (unpaired) electrons. The maximum absolute atomic E-state index is 3.71. The Labute approximate surface area is 123 Å². The lowest BCUT2D eigenvalue weighted by Crippen LogP contribution is -2.25. The summed E-state index contributed by atoms with van der Waals surface area (Å²) in [4.78, 5) is 5.00. The Morgan fingerprint density at radius 2 is 2.05 bits per heavy atom. The van der Waals surface area contributed by atoms with Crippen molar-refractivity contribution in [1.82, 2.24) is 9.80 Å². The molecule has 2 saturated heterocycles. The quantitative estimate of drug-likeness (QED) is 0.910. The number of likely N-dealkylation sites (tertiary alicyclic amines) is 2. The summed E-state index contributed by atoms with van der Waals surface area (Å²) in [5, 5.41) is 3.71. The van der Waals surface area contributed by atoms with E-state index in [1.54, 1.807) is 0 Å². The molecule has 0 aromatic heterocycles. The molecule has 3 rings (SSSR count). The maximum Gasteiger partial charge on any atom is 0.0403 e. The Morgan fingerprint density at radius 1 is 1.25 bits per heavy atom. The number of likely N-dealkylation sites (N-methyl/N-ethyl adjacent to an activating group) is 1. The minimum Gasteiger partial charge on any atom is -0.381 e. The number of rotatable bonds is 4. The zero-order valence-electron chi connectivity index (χ0n) is 12.8. The highest BCUT2D eigenvalue weighted by molar-refractivity contribution is 5.47. The zero-order valence-corrected chi connectivity index (χ0v) is 12.8. The molecule has 2 heterocycles. The second-order valence-electron chi connectivity index (χ2n) is 6.55. The van der Waals surface area contributed by atoms with Crippen molar-refractivity contribution in [2.45, 2.75) is 44.8 Å². The van der Waals surface area contributed by atoms with E-state index >= 15 is 0 Å². The fourth-order valence-corrected chi connectivity index (χ4v) is 3.49. The van der Waals surface area contributed by atoms with Crippen LogP contribution in [-0.2, 0) is 6.54 Å². The van der Waals surface area contributed by atoms with Crippen molar-refractivity contribution >= 4 is 5.69 Å². The summed E-state index contributed by atoms with van der Waals surface area (Å²) in [6.45, 7) is 7.10. The summed E-state index contributed by atoms with van der Waals surface area (Å²) in [5.41, 5.74) is 2.73. The van der Waals surface area contributed by atoms with Gasteiger partial charge in [-0.2, -0.15) is 0 Å². The van der Waals surface area contributed by atoms with Crippen LogP contribution >= 0.6 is 0 Å². The van der Waals surface area contributed by atoms with Crippen LogP contribution in [0.15, 0.2) is 24.3 Å². The van der Waals surface area contributed by atoms with Crippen LogP contribution in [0, 0.1) is 0 Å². The van der Waals surface area contributed by atoms with Crippen LogP contribution in [0.3, 0.4) is 0 Å². The monoisotopic (exact) mass is 273 g/mol. The number of nitrogens with one attached hydrogen (secondary N) is 1. The first-order chi connectivity index (χ1) is 9.70. The van der Waals surface area contributed by atoms with Gasteiger partial charge in [-0.15, -0.1) is 0 Å². The van der Waals surface area contributed by atoms with Crippen molar-refractivity contribution in [2.24, 2.45) is 0 Å². The van der Waals surface area contributed by atoms with Crippen molar-refractivity contribution in [3.63, 3.8) is 0 Å². The second-order valence-corrected chi connectivity index (χ2v) is 6.55. The minimum absolute atomic E-state index is 0.594. The standard InChI is InChI=1S/C17H27N3/c1-14-10-17(13-19(14)2)18-16-7-5-6-15(11-16)12-20-8-3-4-9-20/h5-7,11,14,17-18H,3-4,8-10,12-13H2,1-2H3. The normalized spacial score (nSPS) is 28.1. The second kappa shape index (κ2) is 6.15. The van der Waals surface area contributed by atoms with Crippen LogP contribution in [0.1, 0.15) is 31.7 Å². The summed E-state index contributed by atoms with van der Waals surface area (Å²) in [6.07, 6.45) is 3.97. The molecule has 2 unspecified atom stereocenters. The topological polar surface area (TPSA) is 18.5 Å². The largest absolute Gasteiger partial charge is 0.381 e. The molecule has 1 aromatic rings. The van der Waals surface area contributed by atoms with Gasteiger partial charge < -0.3 is 10.2 Å². The number of hydrogen-bond acceptors (Lipinski definition) is 3. The lowest BCUT2D eigenvalue weighted by molar-refractivity contribution is 0.330. The fraction of sp³-hybridized carbons (Fsp3) is 0.647. The van der Waals surface area contributed by atoms with E-state index in [0.29, 0.717) is 12.1 Å². The molecule has 0 spiro atoms. The number of benzene rings is 1. The molecule has 1 aromatic carbocycles. The summed E-state index contributed by atoms with van der Waals surface area (Å²) < 4.78 is 0. The highest BCUT2D eigenvalue weighted by Gasteiger charge is 2.25. The molecule has 1 N–H and O–H groups in total. The van der Waals surface area contributed by atoms with E-state index in [1.807, 2.05) is 0 Å². The lowest BCUT2D eigenvalue weighted by atomic mass is 10.1.